The van der Waals surface area contributed by atoms with Crippen molar-refractivity contribution in [2.75, 3.05) is 13.1 Å². The highest BCUT2D eigenvalue weighted by Gasteiger charge is 2.02. The molecule has 0 radical (unpaired) electrons. The van der Waals surface area contributed by atoms with Gasteiger partial charge in [0.05, 0.1) is 0 Å². The minimum absolute atomic E-state index is 0.458. The standard InChI is InChI=1S/C13H20BrClN2/c1-3-4-16-8-10(2)17-9-11-5-12(14)7-13(15)6-11/h5-7,10,16-17H,3-4,8-9H2,1-2H3. The van der Waals surface area contributed by atoms with Gasteiger partial charge in [-0.25, -0.2) is 0 Å². The first-order valence-corrected chi connectivity index (χ1v) is 7.18. The molecule has 0 fully saturated rings. The second-order valence-corrected chi connectivity index (χ2v) is 5.62. The molecular formula is C13H20BrClN2. The molecule has 1 aromatic rings. The van der Waals surface area contributed by atoms with Crippen molar-refractivity contribution in [2.45, 2.75) is 32.9 Å². The highest BCUT2D eigenvalue weighted by molar-refractivity contribution is 9.10. The molecule has 0 bridgehead atoms. The van der Waals surface area contributed by atoms with Gasteiger partial charge in [-0.05, 0) is 43.7 Å². The molecule has 0 saturated heterocycles. The van der Waals surface area contributed by atoms with Crippen molar-refractivity contribution in [3.8, 4) is 0 Å². The summed E-state index contributed by atoms with van der Waals surface area (Å²) in [6.45, 7) is 7.27. The van der Waals surface area contributed by atoms with Crippen LogP contribution in [0.2, 0.25) is 5.02 Å². The highest BCUT2D eigenvalue weighted by atomic mass is 79.9. The predicted octanol–water partition coefficient (Wildman–Crippen LogP) is 3.58. The summed E-state index contributed by atoms with van der Waals surface area (Å²) in [6, 6.07) is 6.44. The van der Waals surface area contributed by atoms with E-state index >= 15 is 0 Å². The zero-order valence-electron chi connectivity index (χ0n) is 10.4. The van der Waals surface area contributed by atoms with Gasteiger partial charge < -0.3 is 10.6 Å². The van der Waals surface area contributed by atoms with Crippen LogP contribution in [0.15, 0.2) is 22.7 Å². The quantitative estimate of drug-likeness (QED) is 0.751. The maximum Gasteiger partial charge on any atom is 0.0420 e. The van der Waals surface area contributed by atoms with Crippen LogP contribution in [0.4, 0.5) is 0 Å². The largest absolute Gasteiger partial charge is 0.315 e. The van der Waals surface area contributed by atoms with E-state index < -0.39 is 0 Å². The molecule has 0 spiro atoms. The van der Waals surface area contributed by atoms with Crippen LogP contribution < -0.4 is 10.6 Å². The second-order valence-electron chi connectivity index (χ2n) is 4.26. The molecule has 4 heteroatoms. The lowest BCUT2D eigenvalue weighted by molar-refractivity contribution is 0.501. The lowest BCUT2D eigenvalue weighted by Crippen LogP contribution is -2.36. The molecule has 17 heavy (non-hydrogen) atoms. The summed E-state index contributed by atoms with van der Waals surface area (Å²) in [7, 11) is 0. The van der Waals surface area contributed by atoms with Gasteiger partial charge in [0.1, 0.15) is 0 Å². The topological polar surface area (TPSA) is 24.1 Å². The Bertz CT molecular complexity index is 324. The molecule has 0 aliphatic rings. The van der Waals surface area contributed by atoms with E-state index in [2.05, 4.69) is 46.5 Å². The van der Waals surface area contributed by atoms with Crippen LogP contribution in [0.1, 0.15) is 25.8 Å². The van der Waals surface area contributed by atoms with E-state index in [1.54, 1.807) is 0 Å². The monoisotopic (exact) mass is 318 g/mol. The molecule has 1 atom stereocenters. The molecule has 0 amide bonds. The molecule has 0 aliphatic carbocycles. The zero-order chi connectivity index (χ0) is 12.7. The molecule has 1 rings (SSSR count). The number of nitrogens with one attached hydrogen (secondary N) is 2. The van der Waals surface area contributed by atoms with Gasteiger partial charge in [0.25, 0.3) is 0 Å². The average Bonchev–Trinajstić information content (AvgIpc) is 2.25. The van der Waals surface area contributed by atoms with E-state index in [0.29, 0.717) is 6.04 Å². The fourth-order valence-electron chi connectivity index (χ4n) is 1.57. The van der Waals surface area contributed by atoms with Gasteiger partial charge in [0.15, 0.2) is 0 Å². The molecule has 1 unspecified atom stereocenters. The van der Waals surface area contributed by atoms with Crippen molar-refractivity contribution < 1.29 is 0 Å². The van der Waals surface area contributed by atoms with E-state index in [4.69, 9.17) is 11.6 Å². The fourth-order valence-corrected chi connectivity index (χ4v) is 2.50. The first-order valence-electron chi connectivity index (χ1n) is 6.01. The molecule has 0 saturated carbocycles. The third-order valence-electron chi connectivity index (χ3n) is 2.45. The minimum atomic E-state index is 0.458. The molecule has 2 nitrogen and oxygen atoms in total. The van der Waals surface area contributed by atoms with E-state index in [1.165, 1.54) is 12.0 Å². The van der Waals surface area contributed by atoms with Crippen LogP contribution in [0.3, 0.4) is 0 Å². The summed E-state index contributed by atoms with van der Waals surface area (Å²) in [4.78, 5) is 0. The average molecular weight is 320 g/mol. The van der Waals surface area contributed by atoms with Gasteiger partial charge in [0, 0.05) is 28.6 Å². The van der Waals surface area contributed by atoms with Gasteiger partial charge in [-0.15, -0.1) is 0 Å². The Hall–Kier alpha value is -0.0900. The van der Waals surface area contributed by atoms with Crippen molar-refractivity contribution in [3.05, 3.63) is 33.3 Å². The van der Waals surface area contributed by atoms with Gasteiger partial charge in [0.2, 0.25) is 0 Å². The Morgan fingerprint density at radius 2 is 2.12 bits per heavy atom. The fraction of sp³-hybridized carbons (Fsp3) is 0.538. The van der Waals surface area contributed by atoms with E-state index in [0.717, 1.165) is 29.1 Å². The van der Waals surface area contributed by atoms with E-state index in [-0.39, 0.29) is 0 Å². The van der Waals surface area contributed by atoms with Crippen LogP contribution in [-0.2, 0) is 6.54 Å². The molecule has 0 aliphatic heterocycles. The summed E-state index contributed by atoms with van der Waals surface area (Å²) in [5, 5.41) is 7.64. The van der Waals surface area contributed by atoms with Crippen molar-refractivity contribution >= 4 is 27.5 Å². The van der Waals surface area contributed by atoms with Crippen LogP contribution in [0.25, 0.3) is 0 Å². The minimum Gasteiger partial charge on any atom is -0.315 e. The van der Waals surface area contributed by atoms with Gasteiger partial charge in [-0.2, -0.15) is 0 Å². The Balaban J connectivity index is 2.34. The summed E-state index contributed by atoms with van der Waals surface area (Å²) in [6.07, 6.45) is 1.17. The second kappa shape index (κ2) is 8.09. The van der Waals surface area contributed by atoms with Crippen molar-refractivity contribution in [1.29, 1.82) is 0 Å². The summed E-state index contributed by atoms with van der Waals surface area (Å²) in [5.74, 6) is 0. The number of hydrogen-bond acceptors (Lipinski definition) is 2. The van der Waals surface area contributed by atoms with Crippen molar-refractivity contribution in [2.24, 2.45) is 0 Å². The van der Waals surface area contributed by atoms with Gasteiger partial charge in [-0.3, -0.25) is 0 Å². The zero-order valence-corrected chi connectivity index (χ0v) is 12.7. The SMILES string of the molecule is CCCNCC(C)NCc1cc(Cl)cc(Br)c1. The number of hydrogen-bond donors (Lipinski definition) is 2. The van der Waals surface area contributed by atoms with Crippen LogP contribution in [0, 0.1) is 0 Å². The smallest absolute Gasteiger partial charge is 0.0420 e. The Morgan fingerprint density at radius 1 is 1.35 bits per heavy atom. The first kappa shape index (κ1) is 15.0. The van der Waals surface area contributed by atoms with Crippen LogP contribution in [-0.4, -0.2) is 19.1 Å². The Morgan fingerprint density at radius 3 is 2.76 bits per heavy atom. The lowest BCUT2D eigenvalue weighted by atomic mass is 10.2. The number of rotatable bonds is 7. The van der Waals surface area contributed by atoms with Gasteiger partial charge >= 0.3 is 0 Å². The van der Waals surface area contributed by atoms with Crippen molar-refractivity contribution in [1.82, 2.24) is 10.6 Å². The lowest BCUT2D eigenvalue weighted by Gasteiger charge is -2.14. The number of benzene rings is 1. The molecule has 2 N–H and O–H groups in total. The molecule has 0 aromatic heterocycles. The number of halogens is 2. The maximum absolute atomic E-state index is 6.00. The Labute approximate surface area is 117 Å². The maximum atomic E-state index is 6.00. The summed E-state index contributed by atoms with van der Waals surface area (Å²) in [5.41, 5.74) is 1.20. The van der Waals surface area contributed by atoms with Crippen LogP contribution >= 0.6 is 27.5 Å². The third kappa shape index (κ3) is 6.41. The predicted molar refractivity (Wildman–Crippen MR) is 78.6 cm³/mol. The van der Waals surface area contributed by atoms with E-state index in [9.17, 15) is 0 Å². The molecule has 1 aromatic carbocycles. The highest BCUT2D eigenvalue weighted by Crippen LogP contribution is 2.19. The molecular weight excluding hydrogens is 300 g/mol. The normalized spacial score (nSPS) is 12.7. The molecule has 0 heterocycles. The summed E-state index contributed by atoms with van der Waals surface area (Å²) >= 11 is 9.44. The van der Waals surface area contributed by atoms with Crippen LogP contribution in [0.5, 0.6) is 0 Å². The molecule has 96 valence electrons. The Kier molecular flexibility index (Phi) is 7.12. The van der Waals surface area contributed by atoms with Gasteiger partial charge in [-0.1, -0.05) is 34.5 Å². The summed E-state index contributed by atoms with van der Waals surface area (Å²) < 4.78 is 1.03. The van der Waals surface area contributed by atoms with Crippen molar-refractivity contribution in [3.63, 3.8) is 0 Å². The third-order valence-corrected chi connectivity index (χ3v) is 3.13. The van der Waals surface area contributed by atoms with E-state index in [1.807, 2.05) is 12.1 Å². The first-order chi connectivity index (χ1) is 8.11.